The maximum Gasteiger partial charge on any atom is 0.365 e. The van der Waals surface area contributed by atoms with Crippen LogP contribution in [-0.2, 0) is 47.5 Å². The molecule has 4 aliphatic carbocycles. The van der Waals surface area contributed by atoms with Gasteiger partial charge in [-0.15, -0.1) is 0 Å². The lowest BCUT2D eigenvalue weighted by molar-refractivity contribution is -0.876. The normalized spacial score (nSPS) is 28.3. The Kier molecular flexibility index (Phi) is 7.73. The first-order valence-electron chi connectivity index (χ1n) is 14.1. The number of hydrogen-bond donors (Lipinski definition) is 6. The molecule has 0 spiro atoms. The molecule has 3 amide bonds. The standard InChI is InChI=1S/C28H26N4O14S4/c1-31-9-3-4-23(31)25(33)32(2)27(49(41,42)43)13-17-11-18(5-7-21(17)24(15-27)48(38,39)40)29-26(34)30-19-6-8-22-16(10-19)12-20(47(35,36)37)14-28(22,32)50(44,45)46/h3-9,12-15H,10-11H2,1-2H3,(H5-,29,30,34,35,36,37,38,39,40,41,42,43,44,45,46)/p+1. The number of quaternary nitrogens is 1. The van der Waals surface area contributed by atoms with Crippen molar-refractivity contribution in [3.63, 3.8) is 0 Å². The Morgan fingerprint density at radius 2 is 1.42 bits per heavy atom. The summed E-state index contributed by atoms with van der Waals surface area (Å²) in [6.07, 6.45) is 6.37. The molecule has 18 nitrogen and oxygen atoms in total. The van der Waals surface area contributed by atoms with Crippen molar-refractivity contribution >= 4 is 52.4 Å². The van der Waals surface area contributed by atoms with Gasteiger partial charge in [0.25, 0.3) is 30.0 Å². The van der Waals surface area contributed by atoms with E-state index >= 15 is 4.79 Å². The fourth-order valence-electron chi connectivity index (χ4n) is 6.98. The highest BCUT2D eigenvalue weighted by Crippen LogP contribution is 2.56. The molecule has 3 atom stereocenters. The van der Waals surface area contributed by atoms with E-state index in [0.717, 1.165) is 34.9 Å². The van der Waals surface area contributed by atoms with E-state index in [2.05, 4.69) is 10.6 Å². The summed E-state index contributed by atoms with van der Waals surface area (Å²) in [7, 11) is -21.4. The van der Waals surface area contributed by atoms with Crippen molar-refractivity contribution in [1.29, 1.82) is 0 Å². The quantitative estimate of drug-likeness (QED) is 0.180. The third-order valence-corrected chi connectivity index (χ3v) is 13.9. The molecule has 0 aromatic carbocycles. The van der Waals surface area contributed by atoms with Crippen LogP contribution in [0.5, 0.6) is 0 Å². The van der Waals surface area contributed by atoms with Crippen LogP contribution in [0, 0.1) is 0 Å². The summed E-state index contributed by atoms with van der Waals surface area (Å²) >= 11 is 0. The van der Waals surface area contributed by atoms with E-state index in [1.54, 1.807) is 0 Å². The number of aromatic nitrogens is 1. The number of rotatable bonds is 5. The monoisotopic (exact) mass is 771 g/mol. The van der Waals surface area contributed by atoms with Crippen molar-refractivity contribution in [1.82, 2.24) is 15.2 Å². The lowest BCUT2D eigenvalue weighted by atomic mass is 9.81. The number of amides is 3. The van der Waals surface area contributed by atoms with Crippen LogP contribution in [0.15, 0.2) is 110 Å². The van der Waals surface area contributed by atoms with Crippen LogP contribution in [0.1, 0.15) is 23.3 Å². The lowest BCUT2D eigenvalue weighted by Gasteiger charge is -2.54. The van der Waals surface area contributed by atoms with E-state index < -0.39 is 101 Å². The summed E-state index contributed by atoms with van der Waals surface area (Å²) in [4.78, 5) is 18.3. The third-order valence-electron chi connectivity index (χ3n) is 9.24. The average Bonchev–Trinajstić information content (AvgIpc) is 3.41. The lowest BCUT2D eigenvalue weighted by Crippen LogP contribution is -2.79. The first kappa shape index (κ1) is 35.6. The maximum absolute atomic E-state index is 15.2. The van der Waals surface area contributed by atoms with E-state index in [0.29, 0.717) is 13.1 Å². The third kappa shape index (κ3) is 4.97. The molecule has 22 heteroatoms. The van der Waals surface area contributed by atoms with Crippen LogP contribution in [0.4, 0.5) is 4.79 Å². The molecule has 1 aromatic heterocycles. The molecule has 0 fully saturated rings. The number of allylic oxidation sites excluding steroid dienone is 8. The van der Waals surface area contributed by atoms with Gasteiger partial charge in [0, 0.05) is 61.3 Å². The molecule has 50 heavy (non-hydrogen) atoms. The van der Waals surface area contributed by atoms with Crippen LogP contribution in [-0.4, -0.2) is 89.7 Å². The van der Waals surface area contributed by atoms with Crippen LogP contribution in [0.25, 0.3) is 0 Å². The molecule has 1 aromatic rings. The maximum atomic E-state index is 15.2. The summed E-state index contributed by atoms with van der Waals surface area (Å²) < 4.78 is 150. The van der Waals surface area contributed by atoms with Crippen molar-refractivity contribution in [2.45, 2.75) is 22.6 Å². The summed E-state index contributed by atoms with van der Waals surface area (Å²) in [6.45, 7) is 0. The summed E-state index contributed by atoms with van der Waals surface area (Å²) in [5, 5.41) is 4.97. The number of hydrogen-bond acceptors (Lipinski definition) is 10. The predicted octanol–water partition coefficient (Wildman–Crippen LogP) is 0.944. The van der Waals surface area contributed by atoms with E-state index in [-0.39, 0.29) is 40.3 Å². The average molecular weight is 772 g/mol. The van der Waals surface area contributed by atoms with Crippen LogP contribution < -0.4 is 10.6 Å². The molecule has 7 rings (SSSR count). The number of fused-ring (bicyclic) bond motifs is 3. The molecular formula is C28H27N4O14S4+. The minimum atomic E-state index is -6.14. The highest BCUT2D eigenvalue weighted by atomic mass is 32.2. The molecule has 2 aliphatic heterocycles. The van der Waals surface area contributed by atoms with Crippen molar-refractivity contribution in [3.8, 4) is 0 Å². The smallest absolute Gasteiger partial charge is 0.343 e. The van der Waals surface area contributed by atoms with Gasteiger partial charge < -0.3 is 15.2 Å². The molecule has 0 radical (unpaired) electrons. The molecule has 266 valence electrons. The van der Waals surface area contributed by atoms with E-state index in [1.807, 2.05) is 0 Å². The molecule has 0 saturated heterocycles. The molecule has 3 heterocycles. The van der Waals surface area contributed by atoms with Crippen molar-refractivity contribution < 1.29 is 66.0 Å². The highest BCUT2D eigenvalue weighted by molar-refractivity contribution is 7.91. The first-order valence-corrected chi connectivity index (χ1v) is 19.8. The van der Waals surface area contributed by atoms with Gasteiger partial charge in [0.2, 0.25) is 0 Å². The Labute approximate surface area is 285 Å². The first-order chi connectivity index (χ1) is 22.9. The topological polar surface area (TPSA) is 281 Å². The molecule has 3 unspecified atom stereocenters. The Morgan fingerprint density at radius 1 is 0.820 bits per heavy atom. The Hall–Kier alpha value is -4.26. The van der Waals surface area contributed by atoms with Crippen molar-refractivity contribution in [2.75, 3.05) is 7.05 Å². The van der Waals surface area contributed by atoms with Gasteiger partial charge in [-0.3, -0.25) is 18.2 Å². The van der Waals surface area contributed by atoms with E-state index in [1.165, 1.54) is 25.4 Å². The van der Waals surface area contributed by atoms with E-state index in [4.69, 9.17) is 0 Å². The molecular weight excluding hydrogens is 745 g/mol. The molecule has 0 saturated carbocycles. The van der Waals surface area contributed by atoms with Crippen molar-refractivity contribution in [2.24, 2.45) is 7.05 Å². The Morgan fingerprint density at radius 3 is 1.94 bits per heavy atom. The zero-order valence-corrected chi connectivity index (χ0v) is 28.9. The summed E-state index contributed by atoms with van der Waals surface area (Å²) in [5.41, 5.74) is -2.31. The predicted molar refractivity (Wildman–Crippen MR) is 173 cm³/mol. The molecule has 6 aliphatic rings. The second kappa shape index (κ2) is 10.9. The van der Waals surface area contributed by atoms with Gasteiger partial charge in [0.05, 0.1) is 12.0 Å². The zero-order chi connectivity index (χ0) is 37.0. The Balaban J connectivity index is 1.96. The SMILES string of the molecule is Cn1cccc1C(=O)[N+]1(C)C2(S(=O)(=O)O)C=C3CC(=CC=C3C(S(=O)(=O)O)=C2)NC(=O)NC2=CC=C3C(=CC(S(=O)(=O)O)=CC31S(=O)(=O)O)C2. The van der Waals surface area contributed by atoms with Gasteiger partial charge in [-0.2, -0.15) is 33.7 Å². The number of likely N-dealkylation sites (N-methyl/N-ethyl adjacent to an activating group) is 1. The molecule has 6 N–H and O–H groups in total. The highest BCUT2D eigenvalue weighted by Gasteiger charge is 2.76. The number of nitrogens with one attached hydrogen (secondary N) is 2. The fraction of sp³-hybridized carbons (Fsp3) is 0.214. The second-order valence-electron chi connectivity index (χ2n) is 12.0. The minimum absolute atomic E-state index is 0.00319. The van der Waals surface area contributed by atoms with Gasteiger partial charge in [-0.1, -0.05) is 6.08 Å². The zero-order valence-electron chi connectivity index (χ0n) is 25.7. The van der Waals surface area contributed by atoms with Gasteiger partial charge in [0.1, 0.15) is 10.6 Å². The largest absolute Gasteiger partial charge is 0.365 e. The number of aryl methyl sites for hydroxylation is 1. The number of carbonyl (C=O) groups excluding carboxylic acids is 2. The Bertz CT molecular complexity index is 2550. The molecule has 7 bridgehead atoms. The van der Waals surface area contributed by atoms with Crippen molar-refractivity contribution in [3.05, 3.63) is 116 Å². The van der Waals surface area contributed by atoms with Gasteiger partial charge in [0.15, 0.2) is 0 Å². The number of carbonyl (C=O) groups is 2. The summed E-state index contributed by atoms with van der Waals surface area (Å²) in [5.74, 6) is -1.56. The minimum Gasteiger partial charge on any atom is -0.343 e. The van der Waals surface area contributed by atoms with Crippen LogP contribution in [0.2, 0.25) is 0 Å². The van der Waals surface area contributed by atoms with Gasteiger partial charge in [-0.05, 0) is 53.2 Å². The summed E-state index contributed by atoms with van der Waals surface area (Å²) in [6, 6.07) is 1.48. The fourth-order valence-corrected chi connectivity index (χ4v) is 11.3. The van der Waals surface area contributed by atoms with Gasteiger partial charge in [-0.25, -0.2) is 14.1 Å². The van der Waals surface area contributed by atoms with E-state index in [9.17, 15) is 56.7 Å². The second-order valence-corrected chi connectivity index (χ2v) is 18.0. The van der Waals surface area contributed by atoms with Crippen LogP contribution >= 0.6 is 0 Å². The number of nitrogens with zero attached hydrogens (tertiary/aromatic N) is 2. The number of urea groups is 1. The van der Waals surface area contributed by atoms with Gasteiger partial charge >= 0.3 is 32.2 Å². The van der Waals surface area contributed by atoms with Crippen LogP contribution in [0.3, 0.4) is 0 Å².